The summed E-state index contributed by atoms with van der Waals surface area (Å²) in [4.78, 5) is 11.1. The minimum atomic E-state index is -0.291. The number of benzene rings is 1. The average Bonchev–Trinajstić information content (AvgIpc) is 2.35. The molecule has 0 saturated carbocycles. The zero-order valence-electron chi connectivity index (χ0n) is 8.48. The van der Waals surface area contributed by atoms with E-state index in [0.717, 1.165) is 0 Å². The van der Waals surface area contributed by atoms with Gasteiger partial charge in [0.1, 0.15) is 5.76 Å². The fourth-order valence-electron chi connectivity index (χ4n) is 1.19. The molecule has 0 atom stereocenters. The lowest BCUT2D eigenvalue weighted by Crippen LogP contribution is -2.02. The van der Waals surface area contributed by atoms with Gasteiger partial charge in [-0.25, -0.2) is 0 Å². The minimum Gasteiger partial charge on any atom is -0.506 e. The molecule has 0 aliphatic carbocycles. The number of Topliss-reactive ketones (excluding diaryl/α,β-unsaturated/α-hetero) is 1. The second-order valence-corrected chi connectivity index (χ2v) is 3.42. The number of nitriles is 1. The first-order valence-electron chi connectivity index (χ1n) is 4.64. The van der Waals surface area contributed by atoms with Crippen LogP contribution < -0.4 is 0 Å². The summed E-state index contributed by atoms with van der Waals surface area (Å²) in [5.74, 6) is -0.616. The summed E-state index contributed by atoms with van der Waals surface area (Å²) in [6, 6.07) is 10.4. The minimum absolute atomic E-state index is 0.0388. The highest BCUT2D eigenvalue weighted by molar-refractivity contribution is 6.27. The number of rotatable bonds is 4. The molecule has 16 heavy (non-hydrogen) atoms. The molecule has 0 aromatic heterocycles. The Kier molecular flexibility index (Phi) is 4.56. The summed E-state index contributed by atoms with van der Waals surface area (Å²) in [6.07, 6.45) is -0.138. The van der Waals surface area contributed by atoms with E-state index in [1.165, 1.54) is 0 Å². The lowest BCUT2D eigenvalue weighted by molar-refractivity contribution is -0.116. The number of ketones is 1. The van der Waals surface area contributed by atoms with Crippen LogP contribution in [0, 0.1) is 11.3 Å². The van der Waals surface area contributed by atoms with Crippen molar-refractivity contribution in [1.29, 1.82) is 5.26 Å². The lowest BCUT2D eigenvalue weighted by Gasteiger charge is -2.03. The van der Waals surface area contributed by atoms with Gasteiger partial charge in [-0.1, -0.05) is 30.3 Å². The van der Waals surface area contributed by atoms with E-state index in [1.807, 2.05) is 6.07 Å². The van der Waals surface area contributed by atoms with Gasteiger partial charge in [-0.15, -0.1) is 11.6 Å². The quantitative estimate of drug-likeness (QED) is 0.496. The van der Waals surface area contributed by atoms with Crippen molar-refractivity contribution in [3.63, 3.8) is 0 Å². The summed E-state index contributed by atoms with van der Waals surface area (Å²) < 4.78 is 0. The summed E-state index contributed by atoms with van der Waals surface area (Å²) in [5, 5.41) is 18.6. The van der Waals surface area contributed by atoms with Gasteiger partial charge in [0.15, 0.2) is 5.78 Å². The van der Waals surface area contributed by atoms with Gasteiger partial charge in [-0.2, -0.15) is 5.26 Å². The van der Waals surface area contributed by atoms with Gasteiger partial charge in [0, 0.05) is 12.0 Å². The molecule has 1 aromatic rings. The molecule has 0 saturated heterocycles. The highest BCUT2D eigenvalue weighted by Gasteiger charge is 2.11. The van der Waals surface area contributed by atoms with E-state index in [0.29, 0.717) is 5.56 Å². The molecule has 0 aliphatic heterocycles. The van der Waals surface area contributed by atoms with E-state index >= 15 is 0 Å². The molecule has 1 aromatic carbocycles. The second-order valence-electron chi connectivity index (χ2n) is 3.15. The van der Waals surface area contributed by atoms with Crippen LogP contribution in [0.25, 0.3) is 5.76 Å². The number of halogens is 1. The maximum atomic E-state index is 11.1. The van der Waals surface area contributed by atoms with Gasteiger partial charge in [0.05, 0.1) is 17.5 Å². The van der Waals surface area contributed by atoms with Gasteiger partial charge in [-0.3, -0.25) is 4.79 Å². The molecule has 1 rings (SSSR count). The lowest BCUT2D eigenvalue weighted by atomic mass is 10.1. The largest absolute Gasteiger partial charge is 0.506 e. The molecule has 0 unspecified atom stereocenters. The molecule has 4 heteroatoms. The number of aliphatic hydroxyl groups excluding tert-OH is 1. The Morgan fingerprint density at radius 3 is 2.50 bits per heavy atom. The molecule has 0 heterocycles. The Hall–Kier alpha value is -1.79. The van der Waals surface area contributed by atoms with Crippen molar-refractivity contribution in [2.75, 3.05) is 5.88 Å². The highest BCUT2D eigenvalue weighted by atomic mass is 35.5. The molecular formula is C12H10ClNO2. The van der Waals surface area contributed by atoms with Crippen molar-refractivity contribution in [2.24, 2.45) is 0 Å². The first-order valence-corrected chi connectivity index (χ1v) is 5.17. The van der Waals surface area contributed by atoms with E-state index < -0.39 is 0 Å². The highest BCUT2D eigenvalue weighted by Crippen LogP contribution is 2.17. The molecule has 0 spiro atoms. The second kappa shape index (κ2) is 5.94. The summed E-state index contributed by atoms with van der Waals surface area (Å²) in [5.41, 5.74) is 0.554. The molecule has 0 radical (unpaired) electrons. The number of nitrogens with zero attached hydrogens (tertiary/aromatic N) is 1. The number of hydrogen-bond donors (Lipinski definition) is 1. The molecular weight excluding hydrogens is 226 g/mol. The zero-order valence-corrected chi connectivity index (χ0v) is 9.24. The first-order chi connectivity index (χ1) is 7.69. The van der Waals surface area contributed by atoms with E-state index in [9.17, 15) is 9.90 Å². The standard InChI is InChI=1S/C12H10ClNO2/c13-7-11(15)6-10(8-14)12(16)9-4-2-1-3-5-9/h1-5,16H,6-7H2/b12-10+. The van der Waals surface area contributed by atoms with Gasteiger partial charge >= 0.3 is 0 Å². The van der Waals surface area contributed by atoms with E-state index in [-0.39, 0.29) is 29.4 Å². The van der Waals surface area contributed by atoms with Crippen LogP contribution in [0.4, 0.5) is 0 Å². The van der Waals surface area contributed by atoms with Crippen molar-refractivity contribution >= 4 is 23.1 Å². The predicted octanol–water partition coefficient (Wildman–Crippen LogP) is 2.68. The monoisotopic (exact) mass is 235 g/mol. The SMILES string of the molecule is N#C/C(CC(=O)CCl)=C(/O)c1ccccc1. The maximum absolute atomic E-state index is 11.1. The Morgan fingerprint density at radius 1 is 1.38 bits per heavy atom. The van der Waals surface area contributed by atoms with Crippen molar-refractivity contribution in [2.45, 2.75) is 6.42 Å². The van der Waals surface area contributed by atoms with Gasteiger partial charge in [0.25, 0.3) is 0 Å². The number of aliphatic hydroxyl groups is 1. The van der Waals surface area contributed by atoms with Crippen LogP contribution in [0.2, 0.25) is 0 Å². The number of allylic oxidation sites excluding steroid dienone is 1. The zero-order chi connectivity index (χ0) is 12.0. The Labute approximate surface area is 98.6 Å². The maximum Gasteiger partial charge on any atom is 0.152 e. The molecule has 0 amide bonds. The smallest absolute Gasteiger partial charge is 0.152 e. The Bertz CT molecular complexity index is 446. The topological polar surface area (TPSA) is 61.1 Å². The predicted molar refractivity (Wildman–Crippen MR) is 61.9 cm³/mol. The number of hydrogen-bond acceptors (Lipinski definition) is 3. The van der Waals surface area contributed by atoms with Crippen LogP contribution in [0.1, 0.15) is 12.0 Å². The van der Waals surface area contributed by atoms with Crippen molar-refractivity contribution < 1.29 is 9.90 Å². The molecule has 3 nitrogen and oxygen atoms in total. The molecule has 0 bridgehead atoms. The summed E-state index contributed by atoms with van der Waals surface area (Å²) in [7, 11) is 0. The van der Waals surface area contributed by atoms with E-state index in [4.69, 9.17) is 16.9 Å². The van der Waals surface area contributed by atoms with Crippen LogP contribution in [-0.4, -0.2) is 16.8 Å². The molecule has 0 fully saturated rings. The van der Waals surface area contributed by atoms with Crippen LogP contribution in [0.5, 0.6) is 0 Å². The number of carbonyl (C=O) groups is 1. The van der Waals surface area contributed by atoms with E-state index in [1.54, 1.807) is 30.3 Å². The number of alkyl halides is 1. The van der Waals surface area contributed by atoms with Crippen molar-refractivity contribution in [3.05, 3.63) is 41.5 Å². The molecule has 82 valence electrons. The Morgan fingerprint density at radius 2 is 2.00 bits per heavy atom. The van der Waals surface area contributed by atoms with Crippen molar-refractivity contribution in [3.8, 4) is 6.07 Å². The summed E-state index contributed by atoms with van der Waals surface area (Å²) in [6.45, 7) is 0. The molecule has 1 N–H and O–H groups in total. The Balaban J connectivity index is 3.02. The van der Waals surface area contributed by atoms with Crippen LogP contribution >= 0.6 is 11.6 Å². The molecule has 0 aliphatic rings. The first kappa shape index (κ1) is 12.3. The van der Waals surface area contributed by atoms with Crippen LogP contribution in [0.3, 0.4) is 0 Å². The van der Waals surface area contributed by atoms with Crippen LogP contribution in [-0.2, 0) is 4.79 Å². The fraction of sp³-hybridized carbons (Fsp3) is 0.167. The third kappa shape index (κ3) is 3.11. The number of carbonyl (C=O) groups excluding carboxylic acids is 1. The van der Waals surface area contributed by atoms with Gasteiger partial charge < -0.3 is 5.11 Å². The third-order valence-electron chi connectivity index (χ3n) is 1.99. The van der Waals surface area contributed by atoms with Crippen LogP contribution in [0.15, 0.2) is 35.9 Å². The normalized spacial score (nSPS) is 11.5. The third-order valence-corrected chi connectivity index (χ3v) is 2.29. The average molecular weight is 236 g/mol. The van der Waals surface area contributed by atoms with Crippen molar-refractivity contribution in [1.82, 2.24) is 0 Å². The van der Waals surface area contributed by atoms with Gasteiger partial charge in [0.2, 0.25) is 0 Å². The van der Waals surface area contributed by atoms with Gasteiger partial charge in [-0.05, 0) is 0 Å². The van der Waals surface area contributed by atoms with E-state index in [2.05, 4.69) is 0 Å². The fourth-order valence-corrected chi connectivity index (χ4v) is 1.29. The summed E-state index contributed by atoms with van der Waals surface area (Å²) >= 11 is 5.34.